The van der Waals surface area contributed by atoms with Gasteiger partial charge in [0.15, 0.2) is 16.6 Å². The second kappa shape index (κ2) is 9.68. The number of fused-ring (bicyclic) bond motifs is 1. The van der Waals surface area contributed by atoms with Crippen molar-refractivity contribution >= 4 is 38.3 Å². The summed E-state index contributed by atoms with van der Waals surface area (Å²) in [5.74, 6) is 1.91. The lowest BCUT2D eigenvalue weighted by atomic mass is 10.2. The first kappa shape index (κ1) is 22.1. The highest BCUT2D eigenvalue weighted by Gasteiger charge is 2.17. The number of thiazole rings is 1. The number of ether oxygens (including phenoxy) is 2. The zero-order valence-corrected chi connectivity index (χ0v) is 19.9. The molecular weight excluding hydrogens is 454 g/mol. The molecule has 1 N–H and O–H groups in total. The molecule has 4 aromatic rings. The van der Waals surface area contributed by atoms with Crippen LogP contribution in [0.3, 0.4) is 0 Å². The summed E-state index contributed by atoms with van der Waals surface area (Å²) >= 11 is 1.66. The van der Waals surface area contributed by atoms with Gasteiger partial charge in [0.05, 0.1) is 24.4 Å². The number of aromatic nitrogens is 3. The van der Waals surface area contributed by atoms with Crippen molar-refractivity contribution < 1.29 is 18.8 Å². The molecule has 0 aliphatic carbocycles. The van der Waals surface area contributed by atoms with Crippen LogP contribution >= 0.6 is 11.3 Å². The number of nitrogens with zero attached hydrogens (tertiary/aromatic N) is 4. The van der Waals surface area contributed by atoms with Crippen molar-refractivity contribution in [3.8, 4) is 22.9 Å². The normalized spacial score (nSPS) is 13.4. The lowest BCUT2D eigenvalue weighted by Crippen LogP contribution is -2.16. The number of hydrogen-bond acceptors (Lipinski definition) is 9. The van der Waals surface area contributed by atoms with Crippen molar-refractivity contribution in [1.82, 2.24) is 15.1 Å². The van der Waals surface area contributed by atoms with Crippen molar-refractivity contribution in [2.45, 2.75) is 25.7 Å². The van der Waals surface area contributed by atoms with Crippen molar-refractivity contribution in [2.24, 2.45) is 0 Å². The maximum absolute atomic E-state index is 12.5. The van der Waals surface area contributed by atoms with E-state index < -0.39 is 0 Å². The Kier molecular flexibility index (Phi) is 6.31. The van der Waals surface area contributed by atoms with Crippen LogP contribution in [-0.2, 0) is 11.2 Å². The standard InChI is InChI=1S/C24H25N5O4S/c1-31-18-8-5-15(13-19(18)32-2)23-27-22(33-28-23)10-9-21(30)25-16-6-7-17-20(14-16)34-24(26-17)29-11-3-4-12-29/h5-8,13-14H,3-4,9-12H2,1-2H3,(H,25,30). The SMILES string of the molecule is COc1ccc(-c2noc(CCC(=O)Nc3ccc4nc(N5CCCC5)sc4c3)n2)cc1OC. The van der Waals surface area contributed by atoms with Crippen molar-refractivity contribution in [2.75, 3.05) is 37.5 Å². The topological polar surface area (TPSA) is 103 Å². The maximum atomic E-state index is 12.5. The third kappa shape index (κ3) is 4.67. The number of hydrogen-bond donors (Lipinski definition) is 1. The second-order valence-electron chi connectivity index (χ2n) is 8.00. The van der Waals surface area contributed by atoms with E-state index in [2.05, 4.69) is 20.4 Å². The number of benzene rings is 2. The highest BCUT2D eigenvalue weighted by molar-refractivity contribution is 7.22. The lowest BCUT2D eigenvalue weighted by molar-refractivity contribution is -0.116. The predicted octanol–water partition coefficient (Wildman–Crippen LogP) is 4.54. The largest absolute Gasteiger partial charge is 0.493 e. The van der Waals surface area contributed by atoms with E-state index in [0.717, 1.165) is 39.7 Å². The fourth-order valence-electron chi connectivity index (χ4n) is 3.93. The van der Waals surface area contributed by atoms with Crippen LogP contribution in [0.1, 0.15) is 25.2 Å². The van der Waals surface area contributed by atoms with Gasteiger partial charge in [0.2, 0.25) is 17.6 Å². The summed E-state index contributed by atoms with van der Waals surface area (Å²) in [4.78, 5) is 24.0. The summed E-state index contributed by atoms with van der Waals surface area (Å²) in [5.41, 5.74) is 2.45. The molecule has 2 aromatic carbocycles. The smallest absolute Gasteiger partial charge is 0.227 e. The molecule has 5 rings (SSSR count). The highest BCUT2D eigenvalue weighted by atomic mass is 32.1. The summed E-state index contributed by atoms with van der Waals surface area (Å²) in [7, 11) is 3.15. The van der Waals surface area contributed by atoms with E-state index in [-0.39, 0.29) is 12.3 Å². The van der Waals surface area contributed by atoms with E-state index in [1.807, 2.05) is 24.3 Å². The van der Waals surface area contributed by atoms with Gasteiger partial charge in [0, 0.05) is 37.2 Å². The molecule has 1 aliphatic heterocycles. The number of anilines is 2. The summed E-state index contributed by atoms with van der Waals surface area (Å²) < 4.78 is 17.0. The molecule has 34 heavy (non-hydrogen) atoms. The highest BCUT2D eigenvalue weighted by Crippen LogP contribution is 2.33. The first-order valence-electron chi connectivity index (χ1n) is 11.1. The molecule has 2 aromatic heterocycles. The van der Waals surface area contributed by atoms with Crippen LogP contribution < -0.4 is 19.7 Å². The van der Waals surface area contributed by atoms with Gasteiger partial charge in [-0.15, -0.1) is 0 Å². The Bertz CT molecular complexity index is 1310. The number of nitrogens with one attached hydrogen (secondary N) is 1. The van der Waals surface area contributed by atoms with Crippen molar-refractivity contribution in [3.05, 3.63) is 42.3 Å². The van der Waals surface area contributed by atoms with Gasteiger partial charge in [0.1, 0.15) is 0 Å². The van der Waals surface area contributed by atoms with E-state index in [4.69, 9.17) is 19.0 Å². The molecule has 3 heterocycles. The van der Waals surface area contributed by atoms with E-state index in [1.54, 1.807) is 37.7 Å². The minimum atomic E-state index is -0.116. The van der Waals surface area contributed by atoms with Crippen LogP contribution in [0.2, 0.25) is 0 Å². The number of aryl methyl sites for hydroxylation is 1. The molecule has 1 fully saturated rings. The van der Waals surface area contributed by atoms with Gasteiger partial charge in [-0.3, -0.25) is 4.79 Å². The molecule has 0 saturated carbocycles. The first-order valence-corrected chi connectivity index (χ1v) is 11.9. The van der Waals surface area contributed by atoms with Crippen LogP contribution in [-0.4, -0.2) is 48.3 Å². The molecule has 9 nitrogen and oxygen atoms in total. The van der Waals surface area contributed by atoms with E-state index in [9.17, 15) is 4.79 Å². The minimum Gasteiger partial charge on any atom is -0.493 e. The number of carbonyl (C=O) groups is 1. The van der Waals surface area contributed by atoms with Gasteiger partial charge >= 0.3 is 0 Å². The van der Waals surface area contributed by atoms with Crippen LogP contribution in [0.5, 0.6) is 11.5 Å². The molecule has 0 spiro atoms. The second-order valence-corrected chi connectivity index (χ2v) is 9.01. The Morgan fingerprint density at radius 2 is 1.91 bits per heavy atom. The molecule has 0 radical (unpaired) electrons. The van der Waals surface area contributed by atoms with Crippen molar-refractivity contribution in [3.63, 3.8) is 0 Å². The number of rotatable bonds is 8. The zero-order valence-electron chi connectivity index (χ0n) is 19.0. The van der Waals surface area contributed by atoms with Gasteiger partial charge in [0.25, 0.3) is 0 Å². The number of carbonyl (C=O) groups excluding carboxylic acids is 1. The molecule has 0 unspecified atom stereocenters. The summed E-state index contributed by atoms with van der Waals surface area (Å²) in [6, 6.07) is 11.2. The fourth-order valence-corrected chi connectivity index (χ4v) is 4.98. The Labute approximate surface area is 200 Å². The maximum Gasteiger partial charge on any atom is 0.227 e. The molecular formula is C24H25N5O4S. The average Bonchev–Trinajstić information content (AvgIpc) is 3.62. The molecule has 1 aliphatic rings. The van der Waals surface area contributed by atoms with Crippen LogP contribution in [0.15, 0.2) is 40.9 Å². The predicted molar refractivity (Wildman–Crippen MR) is 131 cm³/mol. The monoisotopic (exact) mass is 479 g/mol. The van der Waals surface area contributed by atoms with Crippen LogP contribution in [0.4, 0.5) is 10.8 Å². The third-order valence-corrected chi connectivity index (χ3v) is 6.79. The van der Waals surface area contributed by atoms with E-state index in [0.29, 0.717) is 29.6 Å². The van der Waals surface area contributed by atoms with Gasteiger partial charge in [-0.1, -0.05) is 16.5 Å². The van der Waals surface area contributed by atoms with Crippen LogP contribution in [0.25, 0.3) is 21.6 Å². The quantitative estimate of drug-likeness (QED) is 0.393. The molecule has 0 atom stereocenters. The molecule has 10 heteroatoms. The lowest BCUT2D eigenvalue weighted by Gasteiger charge is -2.11. The Hall–Kier alpha value is -3.66. The zero-order chi connectivity index (χ0) is 23.5. The molecule has 1 saturated heterocycles. The van der Waals surface area contributed by atoms with Gasteiger partial charge in [-0.05, 0) is 49.2 Å². The van der Waals surface area contributed by atoms with Crippen LogP contribution in [0, 0.1) is 0 Å². The number of methoxy groups -OCH3 is 2. The fraction of sp³-hybridized carbons (Fsp3) is 0.333. The Morgan fingerprint density at radius 1 is 1.09 bits per heavy atom. The van der Waals surface area contributed by atoms with Gasteiger partial charge in [-0.2, -0.15) is 4.98 Å². The Morgan fingerprint density at radius 3 is 2.71 bits per heavy atom. The average molecular weight is 480 g/mol. The molecule has 0 bridgehead atoms. The van der Waals surface area contributed by atoms with E-state index in [1.165, 1.54) is 12.8 Å². The molecule has 1 amide bonds. The first-order chi connectivity index (χ1) is 16.6. The minimum absolute atomic E-state index is 0.116. The Balaban J connectivity index is 1.20. The van der Waals surface area contributed by atoms with Crippen molar-refractivity contribution in [1.29, 1.82) is 0 Å². The van der Waals surface area contributed by atoms with Gasteiger partial charge in [-0.25, -0.2) is 4.98 Å². The summed E-state index contributed by atoms with van der Waals surface area (Å²) in [6.45, 7) is 2.12. The third-order valence-electron chi connectivity index (χ3n) is 5.71. The molecule has 176 valence electrons. The van der Waals surface area contributed by atoms with Gasteiger partial charge < -0.3 is 24.2 Å². The summed E-state index contributed by atoms with van der Waals surface area (Å²) in [5, 5.41) is 8.03. The number of amides is 1. The summed E-state index contributed by atoms with van der Waals surface area (Å²) in [6.07, 6.45) is 3.00. The van der Waals surface area contributed by atoms with E-state index >= 15 is 0 Å².